The first-order valence-corrected chi connectivity index (χ1v) is 7.37. The highest BCUT2D eigenvalue weighted by atomic mass is 15.2. The lowest BCUT2D eigenvalue weighted by molar-refractivity contribution is 0.502. The Hall–Kier alpha value is -1.09. The van der Waals surface area contributed by atoms with Gasteiger partial charge in [0, 0.05) is 25.3 Å². The van der Waals surface area contributed by atoms with Gasteiger partial charge in [-0.25, -0.2) is 4.98 Å². The molecule has 1 aromatic heterocycles. The quantitative estimate of drug-likeness (QED) is 0.765. The molecule has 0 aromatic carbocycles. The molecule has 0 aliphatic carbocycles. The Kier molecular flexibility index (Phi) is 6.29. The Morgan fingerprint density at radius 1 is 1.26 bits per heavy atom. The molecule has 0 saturated heterocycles. The SMILES string of the molecule is CCCNCc1ccc(N(C)C(C)C(C)C)nc1C. The molecule has 3 heteroatoms. The van der Waals surface area contributed by atoms with Gasteiger partial charge in [-0.1, -0.05) is 26.8 Å². The van der Waals surface area contributed by atoms with Crippen molar-refractivity contribution in [3.05, 3.63) is 23.4 Å². The molecule has 0 saturated carbocycles. The van der Waals surface area contributed by atoms with Crippen LogP contribution < -0.4 is 10.2 Å². The van der Waals surface area contributed by atoms with Crippen molar-refractivity contribution in [2.45, 2.75) is 53.6 Å². The highest BCUT2D eigenvalue weighted by Gasteiger charge is 2.15. The van der Waals surface area contributed by atoms with E-state index in [9.17, 15) is 0 Å². The molecule has 108 valence electrons. The number of hydrogen-bond donors (Lipinski definition) is 1. The van der Waals surface area contributed by atoms with E-state index in [4.69, 9.17) is 4.98 Å². The van der Waals surface area contributed by atoms with Crippen LogP contribution in [0.2, 0.25) is 0 Å². The van der Waals surface area contributed by atoms with E-state index in [-0.39, 0.29) is 0 Å². The second-order valence-corrected chi connectivity index (χ2v) is 5.69. The summed E-state index contributed by atoms with van der Waals surface area (Å²) in [5.41, 5.74) is 2.42. The van der Waals surface area contributed by atoms with Crippen molar-refractivity contribution < 1.29 is 0 Å². The van der Waals surface area contributed by atoms with Crippen molar-refractivity contribution >= 4 is 5.82 Å². The lowest BCUT2D eigenvalue weighted by atomic mass is 10.1. The van der Waals surface area contributed by atoms with Gasteiger partial charge < -0.3 is 10.2 Å². The van der Waals surface area contributed by atoms with Gasteiger partial charge in [0.25, 0.3) is 0 Å². The molecule has 1 N–H and O–H groups in total. The van der Waals surface area contributed by atoms with Crippen LogP contribution in [0, 0.1) is 12.8 Å². The van der Waals surface area contributed by atoms with Gasteiger partial charge in [0.2, 0.25) is 0 Å². The summed E-state index contributed by atoms with van der Waals surface area (Å²) >= 11 is 0. The topological polar surface area (TPSA) is 28.2 Å². The van der Waals surface area contributed by atoms with E-state index in [1.165, 1.54) is 12.0 Å². The molecular formula is C16H29N3. The molecule has 1 unspecified atom stereocenters. The number of nitrogens with one attached hydrogen (secondary N) is 1. The van der Waals surface area contributed by atoms with Gasteiger partial charge in [0.1, 0.15) is 5.82 Å². The van der Waals surface area contributed by atoms with Crippen LogP contribution in [0.3, 0.4) is 0 Å². The van der Waals surface area contributed by atoms with Crippen LogP contribution in [0.4, 0.5) is 5.82 Å². The molecule has 1 atom stereocenters. The van der Waals surface area contributed by atoms with E-state index in [1.807, 2.05) is 0 Å². The molecule has 0 bridgehead atoms. The number of rotatable bonds is 7. The molecule has 0 aliphatic heterocycles. The van der Waals surface area contributed by atoms with Gasteiger partial charge in [-0.3, -0.25) is 0 Å². The third kappa shape index (κ3) is 4.50. The monoisotopic (exact) mass is 263 g/mol. The predicted octanol–water partition coefficient (Wildman–Crippen LogP) is 3.37. The summed E-state index contributed by atoms with van der Waals surface area (Å²) in [6.07, 6.45) is 1.17. The van der Waals surface area contributed by atoms with Crippen LogP contribution in [0.1, 0.15) is 45.4 Å². The standard InChI is InChI=1S/C16H29N3/c1-7-10-17-11-15-8-9-16(18-13(15)4)19(6)14(5)12(2)3/h8-9,12,14,17H,7,10-11H2,1-6H3. The molecule has 1 aromatic rings. The lowest BCUT2D eigenvalue weighted by Crippen LogP contribution is -2.33. The second kappa shape index (κ2) is 7.49. The molecule has 0 aliphatic rings. The fourth-order valence-electron chi connectivity index (χ4n) is 2.02. The first kappa shape index (κ1) is 16.0. The molecule has 0 fully saturated rings. The van der Waals surface area contributed by atoms with E-state index in [0.29, 0.717) is 12.0 Å². The zero-order chi connectivity index (χ0) is 14.4. The van der Waals surface area contributed by atoms with Crippen molar-refractivity contribution in [1.82, 2.24) is 10.3 Å². The van der Waals surface area contributed by atoms with E-state index in [1.54, 1.807) is 0 Å². The highest BCUT2D eigenvalue weighted by molar-refractivity contribution is 5.41. The summed E-state index contributed by atoms with van der Waals surface area (Å²) in [5, 5.41) is 3.43. The number of hydrogen-bond acceptors (Lipinski definition) is 3. The summed E-state index contributed by atoms with van der Waals surface area (Å²) in [6, 6.07) is 4.83. The van der Waals surface area contributed by atoms with Crippen molar-refractivity contribution in [3.8, 4) is 0 Å². The Labute approximate surface area is 118 Å². The average molecular weight is 263 g/mol. The van der Waals surface area contributed by atoms with Crippen molar-refractivity contribution in [2.75, 3.05) is 18.5 Å². The van der Waals surface area contributed by atoms with Gasteiger partial charge in [-0.2, -0.15) is 0 Å². The summed E-state index contributed by atoms with van der Waals surface area (Å²) < 4.78 is 0. The molecule has 19 heavy (non-hydrogen) atoms. The number of nitrogens with zero attached hydrogens (tertiary/aromatic N) is 2. The van der Waals surface area contributed by atoms with Gasteiger partial charge in [-0.15, -0.1) is 0 Å². The smallest absolute Gasteiger partial charge is 0.128 e. The largest absolute Gasteiger partial charge is 0.357 e. The lowest BCUT2D eigenvalue weighted by Gasteiger charge is -2.29. The van der Waals surface area contributed by atoms with E-state index < -0.39 is 0 Å². The van der Waals surface area contributed by atoms with Crippen LogP contribution in [-0.4, -0.2) is 24.6 Å². The predicted molar refractivity (Wildman–Crippen MR) is 83.7 cm³/mol. The van der Waals surface area contributed by atoms with Crippen molar-refractivity contribution in [2.24, 2.45) is 5.92 Å². The Bertz CT molecular complexity index is 388. The summed E-state index contributed by atoms with van der Waals surface area (Å²) in [4.78, 5) is 7.01. The Morgan fingerprint density at radius 2 is 1.95 bits per heavy atom. The summed E-state index contributed by atoms with van der Waals surface area (Å²) in [7, 11) is 2.13. The maximum absolute atomic E-state index is 4.74. The van der Waals surface area contributed by atoms with Gasteiger partial charge in [0.15, 0.2) is 0 Å². The minimum atomic E-state index is 0.496. The summed E-state index contributed by atoms with van der Waals surface area (Å²) in [5.74, 6) is 1.69. The first-order valence-electron chi connectivity index (χ1n) is 7.37. The first-order chi connectivity index (χ1) is 8.97. The van der Waals surface area contributed by atoms with Gasteiger partial charge >= 0.3 is 0 Å². The maximum Gasteiger partial charge on any atom is 0.128 e. The second-order valence-electron chi connectivity index (χ2n) is 5.69. The van der Waals surface area contributed by atoms with Crippen molar-refractivity contribution in [3.63, 3.8) is 0 Å². The molecule has 0 radical (unpaired) electrons. The van der Waals surface area contributed by atoms with E-state index in [0.717, 1.165) is 24.6 Å². The van der Waals surface area contributed by atoms with Crippen LogP contribution in [0.25, 0.3) is 0 Å². The van der Waals surface area contributed by atoms with Crippen molar-refractivity contribution in [1.29, 1.82) is 0 Å². The van der Waals surface area contributed by atoms with E-state index >= 15 is 0 Å². The summed E-state index contributed by atoms with van der Waals surface area (Å²) in [6.45, 7) is 13.0. The minimum Gasteiger partial charge on any atom is -0.357 e. The maximum atomic E-state index is 4.74. The Morgan fingerprint density at radius 3 is 2.47 bits per heavy atom. The van der Waals surface area contributed by atoms with E-state index in [2.05, 4.69) is 64.0 Å². The molecular weight excluding hydrogens is 234 g/mol. The third-order valence-corrected chi connectivity index (χ3v) is 3.86. The zero-order valence-electron chi connectivity index (χ0n) is 13.3. The molecule has 0 amide bonds. The van der Waals surface area contributed by atoms with Crippen LogP contribution >= 0.6 is 0 Å². The average Bonchev–Trinajstić information content (AvgIpc) is 2.39. The molecule has 3 nitrogen and oxygen atoms in total. The number of anilines is 1. The molecule has 1 rings (SSSR count). The number of aromatic nitrogens is 1. The number of aryl methyl sites for hydroxylation is 1. The minimum absolute atomic E-state index is 0.496. The normalized spacial score (nSPS) is 12.8. The van der Waals surface area contributed by atoms with Crippen LogP contribution in [0.15, 0.2) is 12.1 Å². The van der Waals surface area contributed by atoms with Crippen LogP contribution in [-0.2, 0) is 6.54 Å². The molecule has 1 heterocycles. The zero-order valence-corrected chi connectivity index (χ0v) is 13.3. The van der Waals surface area contributed by atoms with Gasteiger partial charge in [0.05, 0.1) is 0 Å². The van der Waals surface area contributed by atoms with Crippen LogP contribution in [0.5, 0.6) is 0 Å². The highest BCUT2D eigenvalue weighted by Crippen LogP contribution is 2.18. The Balaban J connectivity index is 2.75. The van der Waals surface area contributed by atoms with Gasteiger partial charge in [-0.05, 0) is 44.4 Å². The molecule has 0 spiro atoms. The fraction of sp³-hybridized carbons (Fsp3) is 0.688. The fourth-order valence-corrected chi connectivity index (χ4v) is 2.02. The number of pyridine rings is 1. The third-order valence-electron chi connectivity index (χ3n) is 3.86.